The fourth-order valence-electron chi connectivity index (χ4n) is 2.23. The molecule has 1 aromatic rings. The minimum absolute atomic E-state index is 0. The lowest BCUT2D eigenvalue weighted by Gasteiger charge is -2.15. The third-order valence-electron chi connectivity index (χ3n) is 3.19. The maximum atomic E-state index is 6.02. The van der Waals surface area contributed by atoms with Crippen LogP contribution in [0, 0.1) is 0 Å². The van der Waals surface area contributed by atoms with Gasteiger partial charge in [0.1, 0.15) is 0 Å². The van der Waals surface area contributed by atoms with Gasteiger partial charge in [0, 0.05) is 5.75 Å². The van der Waals surface area contributed by atoms with Gasteiger partial charge in [-0.2, -0.15) is 0 Å². The number of amidine groups is 1. The topological polar surface area (TPSA) is 40.0 Å². The Labute approximate surface area is 120 Å². The highest BCUT2D eigenvalue weighted by atomic mass is 35.5. The fourth-order valence-corrected chi connectivity index (χ4v) is 2.99. The van der Waals surface area contributed by atoms with Crippen LogP contribution >= 0.6 is 11.8 Å². The smallest absolute Gasteiger partial charge is 0.302 e. The van der Waals surface area contributed by atoms with Gasteiger partial charge in [0.15, 0.2) is 0 Å². The summed E-state index contributed by atoms with van der Waals surface area (Å²) in [6.45, 7) is 0. The lowest BCUT2D eigenvalue weighted by Crippen LogP contribution is -3.00. The third kappa shape index (κ3) is 5.32. The molecule has 0 bridgehead atoms. The summed E-state index contributed by atoms with van der Waals surface area (Å²) in [7, 11) is 0. The number of nitrogens with one attached hydrogen (secondary N) is 1. The van der Waals surface area contributed by atoms with Gasteiger partial charge >= 0.3 is 5.17 Å². The first-order valence-corrected chi connectivity index (χ1v) is 7.39. The van der Waals surface area contributed by atoms with Crippen LogP contribution in [0.1, 0.15) is 37.7 Å². The van der Waals surface area contributed by atoms with E-state index >= 15 is 0 Å². The number of rotatable bonds is 3. The summed E-state index contributed by atoms with van der Waals surface area (Å²) in [4.78, 5) is 3.45. The van der Waals surface area contributed by atoms with E-state index in [1.165, 1.54) is 37.7 Å². The van der Waals surface area contributed by atoms with E-state index < -0.39 is 0 Å². The van der Waals surface area contributed by atoms with Crippen LogP contribution in [-0.2, 0) is 5.75 Å². The SMILES string of the molecule is NC(=[NH+]C1CCCCC1)SCc1ccccc1.[Cl-]. The standard InChI is InChI=1S/C14H20N2S.ClH/c15-14(16-13-9-5-2-6-10-13)17-11-12-7-3-1-4-8-12;/h1,3-4,7-8,13H,2,5-6,9-11H2,(H2,15,16);1H. The molecule has 1 fully saturated rings. The molecular formula is C14H21ClN2S. The Bertz CT molecular complexity index is 361. The van der Waals surface area contributed by atoms with Crippen molar-refractivity contribution >= 4 is 16.9 Å². The Hall–Kier alpha value is -0.670. The van der Waals surface area contributed by atoms with Crippen molar-refractivity contribution in [1.82, 2.24) is 0 Å². The van der Waals surface area contributed by atoms with Crippen LogP contribution in [0.15, 0.2) is 30.3 Å². The van der Waals surface area contributed by atoms with Crippen LogP contribution in [0.5, 0.6) is 0 Å². The Morgan fingerprint density at radius 3 is 2.50 bits per heavy atom. The van der Waals surface area contributed by atoms with Crippen LogP contribution in [0.2, 0.25) is 0 Å². The monoisotopic (exact) mass is 284 g/mol. The summed E-state index contributed by atoms with van der Waals surface area (Å²) in [5, 5.41) is 0.876. The summed E-state index contributed by atoms with van der Waals surface area (Å²) in [5.74, 6) is 0.951. The van der Waals surface area contributed by atoms with Gasteiger partial charge < -0.3 is 12.4 Å². The molecule has 2 nitrogen and oxygen atoms in total. The molecule has 0 spiro atoms. The Balaban J connectivity index is 0.00000162. The molecule has 18 heavy (non-hydrogen) atoms. The second-order valence-electron chi connectivity index (χ2n) is 4.62. The van der Waals surface area contributed by atoms with Crippen molar-refractivity contribution in [2.75, 3.05) is 0 Å². The third-order valence-corrected chi connectivity index (χ3v) is 4.10. The molecule has 100 valence electrons. The average molecular weight is 285 g/mol. The molecule has 0 heterocycles. The summed E-state index contributed by atoms with van der Waals surface area (Å²) in [5.41, 5.74) is 7.35. The number of benzene rings is 1. The molecule has 0 radical (unpaired) electrons. The highest BCUT2D eigenvalue weighted by Gasteiger charge is 2.15. The molecule has 4 heteroatoms. The van der Waals surface area contributed by atoms with Gasteiger partial charge in [0.05, 0.1) is 6.04 Å². The number of hydrogen-bond donors (Lipinski definition) is 2. The number of halogens is 1. The molecule has 2 rings (SSSR count). The van der Waals surface area contributed by atoms with Gasteiger partial charge in [-0.15, -0.1) is 0 Å². The molecule has 1 aromatic carbocycles. The molecule has 1 aliphatic rings. The van der Waals surface area contributed by atoms with E-state index in [0.717, 1.165) is 10.9 Å². The van der Waals surface area contributed by atoms with Crippen molar-refractivity contribution in [3.8, 4) is 0 Å². The first-order chi connectivity index (χ1) is 8.34. The van der Waals surface area contributed by atoms with E-state index in [0.29, 0.717) is 6.04 Å². The zero-order valence-electron chi connectivity index (χ0n) is 10.6. The molecule has 0 saturated heterocycles. The average Bonchev–Trinajstić information content (AvgIpc) is 2.39. The summed E-state index contributed by atoms with van der Waals surface area (Å²) < 4.78 is 0. The molecule has 0 aliphatic heterocycles. The van der Waals surface area contributed by atoms with Gasteiger partial charge in [-0.25, -0.2) is 0 Å². The minimum atomic E-state index is 0. The molecule has 0 unspecified atom stereocenters. The first-order valence-electron chi connectivity index (χ1n) is 6.40. The fraction of sp³-hybridized carbons (Fsp3) is 0.500. The maximum Gasteiger partial charge on any atom is 0.302 e. The molecule has 1 saturated carbocycles. The summed E-state index contributed by atoms with van der Waals surface area (Å²) >= 11 is 1.71. The molecule has 0 aromatic heterocycles. The lowest BCUT2D eigenvalue weighted by molar-refractivity contribution is -0.505. The Morgan fingerprint density at radius 1 is 1.17 bits per heavy atom. The van der Waals surface area contributed by atoms with Gasteiger partial charge in [-0.3, -0.25) is 10.7 Å². The van der Waals surface area contributed by atoms with Crippen LogP contribution in [0.3, 0.4) is 0 Å². The quantitative estimate of drug-likeness (QED) is 0.532. The molecule has 3 N–H and O–H groups in total. The van der Waals surface area contributed by atoms with Crippen LogP contribution < -0.4 is 23.1 Å². The minimum Gasteiger partial charge on any atom is -1.00 e. The van der Waals surface area contributed by atoms with Gasteiger partial charge in [-0.1, -0.05) is 36.8 Å². The normalized spacial score (nSPS) is 17.2. The van der Waals surface area contributed by atoms with E-state index in [-0.39, 0.29) is 12.4 Å². The number of thioether (sulfide) groups is 1. The summed E-state index contributed by atoms with van der Waals surface area (Å²) in [6, 6.07) is 11.1. The second kappa shape index (κ2) is 8.44. The summed E-state index contributed by atoms with van der Waals surface area (Å²) in [6.07, 6.45) is 6.61. The Kier molecular flexibility index (Phi) is 7.21. The van der Waals surface area contributed by atoms with Gasteiger partial charge in [0.2, 0.25) is 0 Å². The lowest BCUT2D eigenvalue weighted by atomic mass is 9.96. The van der Waals surface area contributed by atoms with Gasteiger partial charge in [-0.05, 0) is 43.0 Å². The largest absolute Gasteiger partial charge is 1.00 e. The zero-order chi connectivity index (χ0) is 11.9. The second-order valence-corrected chi connectivity index (χ2v) is 5.63. The van der Waals surface area contributed by atoms with Crippen molar-refractivity contribution in [3.63, 3.8) is 0 Å². The number of hydrogen-bond acceptors (Lipinski definition) is 1. The highest BCUT2D eigenvalue weighted by molar-refractivity contribution is 8.12. The van der Waals surface area contributed by atoms with Crippen LogP contribution in [0.25, 0.3) is 0 Å². The predicted molar refractivity (Wildman–Crippen MR) is 74.8 cm³/mol. The highest BCUT2D eigenvalue weighted by Crippen LogP contribution is 2.14. The van der Waals surface area contributed by atoms with E-state index in [4.69, 9.17) is 5.73 Å². The molecular weight excluding hydrogens is 264 g/mol. The molecule has 1 aliphatic carbocycles. The van der Waals surface area contributed by atoms with E-state index in [1.807, 2.05) is 6.07 Å². The van der Waals surface area contributed by atoms with Crippen molar-refractivity contribution < 1.29 is 17.4 Å². The van der Waals surface area contributed by atoms with Crippen molar-refractivity contribution in [2.45, 2.75) is 43.9 Å². The number of nitrogens with two attached hydrogens (primary N) is 1. The van der Waals surface area contributed by atoms with E-state index in [1.54, 1.807) is 11.8 Å². The zero-order valence-corrected chi connectivity index (χ0v) is 12.1. The molecule has 0 amide bonds. The van der Waals surface area contributed by atoms with Gasteiger partial charge in [0.25, 0.3) is 0 Å². The maximum absolute atomic E-state index is 6.02. The Morgan fingerprint density at radius 2 is 1.83 bits per heavy atom. The molecule has 0 atom stereocenters. The van der Waals surface area contributed by atoms with Crippen LogP contribution in [0.4, 0.5) is 0 Å². The van der Waals surface area contributed by atoms with Crippen molar-refractivity contribution in [3.05, 3.63) is 35.9 Å². The van der Waals surface area contributed by atoms with Crippen molar-refractivity contribution in [2.24, 2.45) is 5.73 Å². The predicted octanol–water partition coefficient (Wildman–Crippen LogP) is -1.35. The van der Waals surface area contributed by atoms with E-state index in [2.05, 4.69) is 29.3 Å². The van der Waals surface area contributed by atoms with E-state index in [9.17, 15) is 0 Å². The first kappa shape index (κ1) is 15.4. The van der Waals surface area contributed by atoms with Crippen molar-refractivity contribution in [1.29, 1.82) is 0 Å². The van der Waals surface area contributed by atoms with Crippen LogP contribution in [-0.4, -0.2) is 11.2 Å².